The lowest BCUT2D eigenvalue weighted by Crippen LogP contribution is -2.49. The van der Waals surface area contributed by atoms with Gasteiger partial charge in [-0.05, 0) is 31.0 Å². The fraction of sp³-hybridized carbons (Fsp3) is 0.500. The lowest BCUT2D eigenvalue weighted by atomic mass is 9.81. The molecule has 12 heteroatoms. The molecule has 5 amide bonds. The maximum absolute atomic E-state index is 12.9. The number of benzene rings is 1. The summed E-state index contributed by atoms with van der Waals surface area (Å²) in [4.78, 5) is 64.1. The summed E-state index contributed by atoms with van der Waals surface area (Å²) in [6.45, 7) is -1.29. The Hall–Kier alpha value is -3.83. The Labute approximate surface area is 196 Å². The van der Waals surface area contributed by atoms with Crippen LogP contribution in [0, 0.1) is 0 Å². The molecule has 0 bridgehead atoms. The van der Waals surface area contributed by atoms with Crippen molar-refractivity contribution < 1.29 is 38.2 Å². The predicted octanol–water partition coefficient (Wildman–Crippen LogP) is 0.605. The van der Waals surface area contributed by atoms with Gasteiger partial charge in [0, 0.05) is 12.6 Å². The van der Waals surface area contributed by atoms with E-state index in [4.69, 9.17) is 14.2 Å². The third kappa shape index (κ3) is 4.90. The number of hydrogen-bond donors (Lipinski definition) is 2. The predicted molar refractivity (Wildman–Crippen MR) is 117 cm³/mol. The summed E-state index contributed by atoms with van der Waals surface area (Å²) in [6, 6.07) is 3.88. The summed E-state index contributed by atoms with van der Waals surface area (Å²) in [5.41, 5.74) is 3.61. The molecule has 1 aliphatic heterocycles. The maximum Gasteiger partial charge on any atom is 0.327 e. The molecule has 3 rings (SSSR count). The van der Waals surface area contributed by atoms with Crippen LogP contribution in [0.3, 0.4) is 0 Å². The number of ether oxygens (including phenoxy) is 3. The Kier molecular flexibility index (Phi) is 7.59. The largest absolute Gasteiger partial charge is 0.493 e. The summed E-state index contributed by atoms with van der Waals surface area (Å²) in [5.74, 6) is -1.99. The normalized spacial score (nSPS) is 16.9. The second-order valence-corrected chi connectivity index (χ2v) is 8.06. The van der Waals surface area contributed by atoms with Gasteiger partial charge in [0.25, 0.3) is 17.7 Å². The molecule has 34 heavy (non-hydrogen) atoms. The number of imide groups is 1. The molecule has 1 saturated carbocycles. The molecule has 2 fully saturated rings. The number of hydrogen-bond acceptors (Lipinski definition) is 8. The van der Waals surface area contributed by atoms with Gasteiger partial charge in [0.05, 0.1) is 14.2 Å². The van der Waals surface area contributed by atoms with Crippen molar-refractivity contribution in [2.24, 2.45) is 0 Å². The van der Waals surface area contributed by atoms with E-state index in [1.165, 1.54) is 37.3 Å². The van der Waals surface area contributed by atoms with Crippen LogP contribution in [0.15, 0.2) is 18.2 Å². The highest BCUT2D eigenvalue weighted by Crippen LogP contribution is 2.39. The first kappa shape index (κ1) is 24.8. The van der Waals surface area contributed by atoms with E-state index in [1.54, 1.807) is 7.05 Å². The number of likely N-dealkylation sites (N-methyl/N-ethyl adjacent to an activating group) is 1. The quantitative estimate of drug-likeness (QED) is 0.331. The number of rotatable bonds is 7. The Bertz CT molecular complexity index is 989. The van der Waals surface area contributed by atoms with Gasteiger partial charge in [-0.15, -0.1) is 0 Å². The molecule has 1 aromatic carbocycles. The lowest BCUT2D eigenvalue weighted by Gasteiger charge is -2.35. The minimum absolute atomic E-state index is 0.196. The van der Waals surface area contributed by atoms with Crippen LogP contribution in [-0.2, 0) is 19.1 Å². The van der Waals surface area contributed by atoms with Crippen molar-refractivity contribution in [3.63, 3.8) is 0 Å². The van der Waals surface area contributed by atoms with Crippen molar-refractivity contribution in [2.45, 2.75) is 37.6 Å². The zero-order chi connectivity index (χ0) is 24.9. The summed E-state index contributed by atoms with van der Waals surface area (Å²) in [6.07, 6.45) is 3.77. The smallest absolute Gasteiger partial charge is 0.327 e. The molecule has 0 atom stereocenters. The van der Waals surface area contributed by atoms with Crippen molar-refractivity contribution in [1.82, 2.24) is 20.7 Å². The van der Waals surface area contributed by atoms with Crippen LogP contribution in [0.25, 0.3) is 0 Å². The molecular formula is C22H28N4O8. The summed E-state index contributed by atoms with van der Waals surface area (Å²) in [5, 5.41) is 0. The molecule has 1 heterocycles. The van der Waals surface area contributed by atoms with Gasteiger partial charge in [-0.2, -0.15) is 0 Å². The number of urea groups is 1. The fourth-order valence-electron chi connectivity index (χ4n) is 4.20. The first-order chi connectivity index (χ1) is 16.2. The molecule has 1 aromatic rings. The number of carbonyl (C=O) groups is 5. The van der Waals surface area contributed by atoms with Crippen LogP contribution >= 0.6 is 0 Å². The van der Waals surface area contributed by atoms with Gasteiger partial charge in [0.15, 0.2) is 18.1 Å². The molecule has 1 aliphatic carbocycles. The number of esters is 1. The first-order valence-corrected chi connectivity index (χ1v) is 10.8. The maximum atomic E-state index is 12.9. The summed E-state index contributed by atoms with van der Waals surface area (Å²) >= 11 is 0. The monoisotopic (exact) mass is 476 g/mol. The van der Waals surface area contributed by atoms with Crippen molar-refractivity contribution in [3.8, 4) is 11.5 Å². The van der Waals surface area contributed by atoms with Gasteiger partial charge in [0.2, 0.25) is 0 Å². The molecule has 184 valence electrons. The molecule has 2 aliphatic rings. The molecule has 2 N–H and O–H groups in total. The van der Waals surface area contributed by atoms with E-state index in [9.17, 15) is 24.0 Å². The number of nitrogens with zero attached hydrogens (tertiary/aromatic N) is 2. The van der Waals surface area contributed by atoms with Crippen LogP contribution < -0.4 is 20.3 Å². The standard InChI is InChI=1S/C22H28N4O8/c1-25-21(31)26(20(30)22(25)9-5-4-6-10-22)12-18(28)34-13-17(27)23-24-19(29)14-7-8-15(32-2)16(11-14)33-3/h7-8,11H,4-6,9-10,12-13H2,1-3H3,(H,23,27)(H,24,29). The Morgan fingerprint density at radius 1 is 1.00 bits per heavy atom. The minimum atomic E-state index is -0.913. The number of hydrazine groups is 1. The van der Waals surface area contributed by atoms with Crippen LogP contribution in [0.5, 0.6) is 11.5 Å². The molecule has 1 saturated heterocycles. The van der Waals surface area contributed by atoms with Crippen molar-refractivity contribution in [1.29, 1.82) is 0 Å². The van der Waals surface area contributed by atoms with Crippen molar-refractivity contribution >= 4 is 29.7 Å². The minimum Gasteiger partial charge on any atom is -0.493 e. The van der Waals surface area contributed by atoms with E-state index < -0.39 is 48.4 Å². The molecular weight excluding hydrogens is 448 g/mol. The highest BCUT2D eigenvalue weighted by atomic mass is 16.5. The second-order valence-electron chi connectivity index (χ2n) is 8.06. The fourth-order valence-corrected chi connectivity index (χ4v) is 4.20. The van der Waals surface area contributed by atoms with E-state index in [0.29, 0.717) is 24.3 Å². The topological polar surface area (TPSA) is 144 Å². The number of methoxy groups -OCH3 is 2. The number of nitrogens with one attached hydrogen (secondary N) is 2. The summed E-state index contributed by atoms with van der Waals surface area (Å²) < 4.78 is 15.1. The van der Waals surface area contributed by atoms with Gasteiger partial charge in [-0.25, -0.2) is 4.79 Å². The average Bonchev–Trinajstić information content (AvgIpc) is 3.02. The third-order valence-electron chi connectivity index (χ3n) is 6.10. The van der Waals surface area contributed by atoms with E-state index in [-0.39, 0.29) is 5.56 Å². The lowest BCUT2D eigenvalue weighted by molar-refractivity contribution is -0.151. The van der Waals surface area contributed by atoms with E-state index in [2.05, 4.69) is 10.9 Å². The number of amides is 5. The highest BCUT2D eigenvalue weighted by molar-refractivity contribution is 6.08. The molecule has 1 spiro atoms. The van der Waals surface area contributed by atoms with Gasteiger partial charge in [-0.1, -0.05) is 19.3 Å². The van der Waals surface area contributed by atoms with E-state index >= 15 is 0 Å². The summed E-state index contributed by atoms with van der Waals surface area (Å²) in [7, 11) is 4.44. The molecule has 0 aromatic heterocycles. The third-order valence-corrected chi connectivity index (χ3v) is 6.10. The van der Waals surface area contributed by atoms with Crippen LogP contribution in [-0.4, -0.2) is 79.5 Å². The molecule has 12 nitrogen and oxygen atoms in total. The molecule has 0 radical (unpaired) electrons. The van der Waals surface area contributed by atoms with Crippen LogP contribution in [0.2, 0.25) is 0 Å². The highest BCUT2D eigenvalue weighted by Gasteiger charge is 2.55. The van der Waals surface area contributed by atoms with Crippen LogP contribution in [0.1, 0.15) is 42.5 Å². The zero-order valence-corrected chi connectivity index (χ0v) is 19.3. The van der Waals surface area contributed by atoms with Gasteiger partial charge >= 0.3 is 12.0 Å². The van der Waals surface area contributed by atoms with Crippen LogP contribution in [0.4, 0.5) is 4.79 Å². The SMILES string of the molecule is COc1ccc(C(=O)NNC(=O)COC(=O)CN2C(=O)N(C)C3(CCCCC3)C2=O)cc1OC. The average molecular weight is 476 g/mol. The zero-order valence-electron chi connectivity index (χ0n) is 19.3. The van der Waals surface area contributed by atoms with Crippen molar-refractivity contribution in [2.75, 3.05) is 34.4 Å². The van der Waals surface area contributed by atoms with Gasteiger partial charge < -0.3 is 19.1 Å². The Morgan fingerprint density at radius 3 is 2.32 bits per heavy atom. The molecule has 0 unspecified atom stereocenters. The Morgan fingerprint density at radius 2 is 1.68 bits per heavy atom. The van der Waals surface area contributed by atoms with Gasteiger partial charge in [0.1, 0.15) is 12.1 Å². The first-order valence-electron chi connectivity index (χ1n) is 10.8. The van der Waals surface area contributed by atoms with Gasteiger partial charge in [-0.3, -0.25) is 34.9 Å². The van der Waals surface area contributed by atoms with Crippen molar-refractivity contribution in [3.05, 3.63) is 23.8 Å². The number of carbonyl (C=O) groups excluding carboxylic acids is 5. The van der Waals surface area contributed by atoms with E-state index in [1.807, 2.05) is 0 Å². The Balaban J connectivity index is 1.47. The second kappa shape index (κ2) is 10.4. The van der Waals surface area contributed by atoms with E-state index in [0.717, 1.165) is 24.2 Å².